The molecule has 48 heavy (non-hydrogen) atoms. The largest absolute Gasteiger partial charge is 0.498 e. The third-order valence-electron chi connectivity index (χ3n) is 11.0. The second-order valence-electron chi connectivity index (χ2n) is 18.9. The van der Waals surface area contributed by atoms with Crippen molar-refractivity contribution in [2.45, 2.75) is 146 Å². The molecule has 1 heterocycles. The molecule has 6 atom stereocenters. The molecule has 0 radical (unpaired) electrons. The summed E-state index contributed by atoms with van der Waals surface area (Å²) in [5.41, 5.74) is -4.24. The van der Waals surface area contributed by atoms with Gasteiger partial charge in [-0.3, -0.25) is 0 Å². The Kier molecular flexibility index (Phi) is 10.0. The molecule has 1 aromatic heterocycles. The summed E-state index contributed by atoms with van der Waals surface area (Å²) in [6, 6.07) is 5.36. The van der Waals surface area contributed by atoms with E-state index in [0.29, 0.717) is 57.8 Å². The van der Waals surface area contributed by atoms with Crippen LogP contribution in [0.2, 0.25) is 0 Å². The van der Waals surface area contributed by atoms with Gasteiger partial charge in [0, 0.05) is 29.7 Å². The maximum absolute atomic E-state index is 14.4. The highest BCUT2D eigenvalue weighted by Gasteiger charge is 2.47. The Balaban J connectivity index is 1.88. The van der Waals surface area contributed by atoms with E-state index in [1.165, 1.54) is 13.7 Å². The Morgan fingerprint density at radius 2 is 0.958 bits per heavy atom. The fraction of sp³-hybridized carbons (Fsp3) is 0.833. The lowest BCUT2D eigenvalue weighted by atomic mass is 9.61. The number of hydrogen-bond acceptors (Lipinski definition) is 6. The van der Waals surface area contributed by atoms with E-state index >= 15 is 0 Å². The molecule has 3 saturated carbocycles. The van der Waals surface area contributed by atoms with Crippen LogP contribution in [0, 0.1) is 73.5 Å². The number of rotatable bonds is 7. The van der Waals surface area contributed by atoms with Gasteiger partial charge < -0.3 is 10.4 Å². The van der Waals surface area contributed by atoms with Gasteiger partial charge in [0.05, 0.1) is 11.8 Å². The van der Waals surface area contributed by atoms with Gasteiger partial charge in [0.2, 0.25) is 0 Å². The first-order valence-electron chi connectivity index (χ1n) is 17.2. The van der Waals surface area contributed by atoms with Gasteiger partial charge in [0.15, 0.2) is 6.10 Å². The molecule has 4 rings (SSSR count). The van der Waals surface area contributed by atoms with Crippen LogP contribution in [0.1, 0.15) is 120 Å². The van der Waals surface area contributed by atoms with Crippen molar-refractivity contribution in [2.24, 2.45) is 44.3 Å². The van der Waals surface area contributed by atoms with Gasteiger partial charge in [-0.1, -0.05) is 62.3 Å². The van der Waals surface area contributed by atoms with Crippen molar-refractivity contribution in [3.05, 3.63) is 63.5 Å². The first-order valence-corrected chi connectivity index (χ1v) is 17.2. The Morgan fingerprint density at radius 1 is 0.625 bits per heavy atom. The lowest BCUT2D eigenvalue weighted by Gasteiger charge is -2.45. The molecule has 0 aromatic carbocycles. The van der Waals surface area contributed by atoms with Crippen molar-refractivity contribution in [1.29, 1.82) is 0 Å². The SMILES string of the molecule is [C-]#[N+]OC1CC(C)(C)CC(C)(Cn2c(=O)n(CC3(C)CC(C#[N+][O-])CC(C)(C)C3)c(=O)n(CC3(C)CC(C#[N+][O-])CC(C)(C)C3)c2=O)C1. The van der Waals surface area contributed by atoms with Gasteiger partial charge in [-0.05, 0) is 95.3 Å². The molecule has 3 fully saturated rings. The summed E-state index contributed by atoms with van der Waals surface area (Å²) < 4.78 is 3.66. The highest BCUT2D eigenvalue weighted by Crippen LogP contribution is 2.51. The van der Waals surface area contributed by atoms with Gasteiger partial charge in [-0.25, -0.2) is 28.1 Å². The Hall–Kier alpha value is -3.72. The summed E-state index contributed by atoms with van der Waals surface area (Å²) >= 11 is 0. The summed E-state index contributed by atoms with van der Waals surface area (Å²) in [5, 5.41) is 31.4. The lowest BCUT2D eigenvalue weighted by molar-refractivity contribution is -0.0282. The molecule has 12 nitrogen and oxygen atoms in total. The Bertz CT molecular complexity index is 1650. The predicted octanol–water partition coefficient (Wildman–Crippen LogP) is 6.93. The number of nitrogens with zero attached hydrogens (tertiary/aromatic N) is 6. The third kappa shape index (κ3) is 8.46. The molecule has 0 aliphatic heterocycles. The molecule has 12 heteroatoms. The fourth-order valence-electron chi connectivity index (χ4n) is 10.9. The van der Waals surface area contributed by atoms with E-state index in [0.717, 1.165) is 0 Å². The minimum atomic E-state index is -0.658. The van der Waals surface area contributed by atoms with Crippen LogP contribution in [-0.4, -0.2) is 19.8 Å². The minimum absolute atomic E-state index is 0.0646. The number of hydrogen-bond donors (Lipinski definition) is 0. The van der Waals surface area contributed by atoms with Crippen LogP contribution in [0.15, 0.2) is 14.4 Å². The smallest absolute Gasteiger partial charge is 0.336 e. The topological polar surface area (TPSA) is 134 Å². The summed E-state index contributed by atoms with van der Waals surface area (Å²) in [6.07, 6.45) is 5.38. The third-order valence-corrected chi connectivity index (χ3v) is 11.0. The molecule has 0 saturated heterocycles. The Morgan fingerprint density at radius 3 is 1.29 bits per heavy atom. The van der Waals surface area contributed by atoms with Crippen LogP contribution in [0.3, 0.4) is 0 Å². The maximum atomic E-state index is 14.4. The first kappa shape index (κ1) is 37.1. The molecule has 6 unspecified atom stereocenters. The van der Waals surface area contributed by atoms with Crippen molar-refractivity contribution in [3.63, 3.8) is 0 Å². The van der Waals surface area contributed by atoms with Gasteiger partial charge >= 0.3 is 29.2 Å². The standard InChI is InChI=1S/C36H54N6O6/c1-31(2)11-25(17-38-46)13-34(7,19-31)22-40-28(43)41(23-35(8)14-26(18-39-47)12-32(3,4)20-35)30(45)42(29(40)44)24-36(9)16-27(48-37-10)15-33(5,6)21-36/h25-27H,11-16,19-24H2,1-9H3. The molecule has 0 spiro atoms. The van der Waals surface area contributed by atoms with Crippen LogP contribution in [0.5, 0.6) is 0 Å². The van der Waals surface area contributed by atoms with Crippen molar-refractivity contribution in [3.8, 4) is 12.1 Å². The van der Waals surface area contributed by atoms with Crippen LogP contribution in [-0.2, 0) is 24.5 Å². The zero-order valence-electron chi connectivity index (χ0n) is 30.4. The summed E-state index contributed by atoms with van der Waals surface area (Å²) in [7, 11) is 0. The van der Waals surface area contributed by atoms with E-state index in [1.54, 1.807) is 0 Å². The molecule has 1 aromatic rings. The fourth-order valence-corrected chi connectivity index (χ4v) is 10.9. The lowest BCUT2D eigenvalue weighted by Crippen LogP contribution is -2.59. The monoisotopic (exact) mass is 666 g/mol. The van der Waals surface area contributed by atoms with Gasteiger partial charge in [0.25, 0.3) is 0 Å². The number of aromatic nitrogens is 3. The van der Waals surface area contributed by atoms with Crippen LogP contribution in [0.4, 0.5) is 0 Å². The molecular weight excluding hydrogens is 612 g/mol. The van der Waals surface area contributed by atoms with Gasteiger partial charge in [0.1, 0.15) is 0 Å². The summed E-state index contributed by atoms with van der Waals surface area (Å²) in [4.78, 5) is 48.7. The van der Waals surface area contributed by atoms with Gasteiger partial charge in [-0.15, -0.1) is 0 Å². The second-order valence-corrected chi connectivity index (χ2v) is 18.9. The normalized spacial score (nSPS) is 33.6. The molecule has 0 bridgehead atoms. The van der Waals surface area contributed by atoms with Crippen LogP contribution < -0.4 is 17.1 Å². The van der Waals surface area contributed by atoms with Crippen molar-refractivity contribution < 1.29 is 4.84 Å². The van der Waals surface area contributed by atoms with E-state index in [4.69, 9.17) is 11.4 Å². The van der Waals surface area contributed by atoms with E-state index in [-0.39, 0.29) is 53.8 Å². The van der Waals surface area contributed by atoms with E-state index in [2.05, 4.69) is 68.7 Å². The van der Waals surface area contributed by atoms with E-state index in [1.807, 2.05) is 20.8 Å². The van der Waals surface area contributed by atoms with Crippen LogP contribution in [0.25, 0.3) is 15.0 Å². The van der Waals surface area contributed by atoms with Crippen molar-refractivity contribution >= 4 is 0 Å². The van der Waals surface area contributed by atoms with E-state index < -0.39 is 33.3 Å². The second kappa shape index (κ2) is 13.0. The average Bonchev–Trinajstić information content (AvgIpc) is 2.89. The zero-order chi connectivity index (χ0) is 35.9. The van der Waals surface area contributed by atoms with Crippen molar-refractivity contribution in [2.75, 3.05) is 0 Å². The predicted molar refractivity (Wildman–Crippen MR) is 186 cm³/mol. The molecule has 264 valence electrons. The maximum Gasteiger partial charge on any atom is 0.336 e. The quantitative estimate of drug-likeness (QED) is 0.229. The molecule has 0 amide bonds. The highest BCUT2D eigenvalue weighted by molar-refractivity contribution is 5.06. The summed E-state index contributed by atoms with van der Waals surface area (Å²) in [6.45, 7) is 26.1. The van der Waals surface area contributed by atoms with E-state index in [9.17, 15) is 24.8 Å². The van der Waals surface area contributed by atoms with Crippen LogP contribution >= 0.6 is 0 Å². The zero-order valence-corrected chi connectivity index (χ0v) is 30.4. The summed E-state index contributed by atoms with van der Waals surface area (Å²) in [5.74, 6) is -0.441. The highest BCUT2D eigenvalue weighted by atomic mass is 16.6. The Labute approximate surface area is 284 Å². The average molecular weight is 667 g/mol. The minimum Gasteiger partial charge on any atom is -0.498 e. The molecule has 3 aliphatic carbocycles. The molecular formula is C36H54N6O6. The molecule has 3 aliphatic rings. The van der Waals surface area contributed by atoms with Gasteiger partial charge in [-0.2, -0.15) is 11.4 Å². The molecule has 0 N–H and O–H groups in total. The van der Waals surface area contributed by atoms with Crippen molar-refractivity contribution in [1.82, 2.24) is 13.7 Å². The first-order chi connectivity index (χ1) is 22.1.